The van der Waals surface area contributed by atoms with Crippen molar-refractivity contribution in [2.24, 2.45) is 0 Å². The fourth-order valence-corrected chi connectivity index (χ4v) is 3.32. The van der Waals surface area contributed by atoms with E-state index in [1.165, 1.54) is 0 Å². The molecule has 1 aliphatic rings. The van der Waals surface area contributed by atoms with Crippen LogP contribution in [0.15, 0.2) is 36.4 Å². The van der Waals surface area contributed by atoms with Crippen LogP contribution >= 0.6 is 11.6 Å². The largest absolute Gasteiger partial charge is 0.435 e. The van der Waals surface area contributed by atoms with E-state index in [0.29, 0.717) is 22.8 Å². The first-order valence-corrected chi connectivity index (χ1v) is 9.14. The summed E-state index contributed by atoms with van der Waals surface area (Å²) in [6.45, 7) is -3.33. The first-order chi connectivity index (χ1) is 14.2. The molecule has 160 valence electrons. The summed E-state index contributed by atoms with van der Waals surface area (Å²) < 4.78 is 57.7. The Labute approximate surface area is 173 Å². The average Bonchev–Trinajstić information content (AvgIpc) is 2.64. The van der Waals surface area contributed by atoms with Crippen molar-refractivity contribution in [3.05, 3.63) is 58.6 Å². The van der Waals surface area contributed by atoms with Crippen LogP contribution in [0.2, 0.25) is 5.02 Å². The highest BCUT2D eigenvalue weighted by Crippen LogP contribution is 2.33. The molecule has 2 aromatic rings. The Hall–Kier alpha value is -3.01. The highest BCUT2D eigenvalue weighted by Gasteiger charge is 2.35. The number of carbonyl (C=O) groups is 2. The van der Waals surface area contributed by atoms with E-state index >= 15 is 0 Å². The predicted octanol–water partition coefficient (Wildman–Crippen LogP) is 4.01. The molecule has 3 amide bonds. The number of piperidine rings is 1. The summed E-state index contributed by atoms with van der Waals surface area (Å²) in [4.78, 5) is 24.1. The summed E-state index contributed by atoms with van der Waals surface area (Å²) in [7, 11) is 0. The fourth-order valence-electron chi connectivity index (χ4n) is 3.19. The maximum Gasteiger partial charge on any atom is 0.387 e. The number of carbonyl (C=O) groups excluding carboxylic acids is 2. The van der Waals surface area contributed by atoms with E-state index in [-0.39, 0.29) is 13.0 Å². The first-order valence-electron chi connectivity index (χ1n) is 8.76. The predicted molar refractivity (Wildman–Crippen MR) is 101 cm³/mol. The van der Waals surface area contributed by atoms with Gasteiger partial charge in [0.15, 0.2) is 0 Å². The fraction of sp³-hybridized carbons (Fsp3) is 0.263. The SMILES string of the molecule is O=C1CC(c2c(F)cc(OC(F)F)cc2F)C(NC(=O)Nc2ccc(Cl)cc2)CN1. The van der Waals surface area contributed by atoms with Crippen LogP contribution in [-0.2, 0) is 4.79 Å². The summed E-state index contributed by atoms with van der Waals surface area (Å²) in [6.07, 6.45) is -0.311. The summed E-state index contributed by atoms with van der Waals surface area (Å²) >= 11 is 5.78. The summed E-state index contributed by atoms with van der Waals surface area (Å²) in [5.74, 6) is -4.53. The third kappa shape index (κ3) is 5.32. The number of alkyl halides is 2. The Morgan fingerprint density at radius 3 is 2.40 bits per heavy atom. The zero-order valence-electron chi connectivity index (χ0n) is 15.2. The van der Waals surface area contributed by atoms with Gasteiger partial charge in [0.1, 0.15) is 17.4 Å². The number of rotatable bonds is 5. The van der Waals surface area contributed by atoms with Crippen LogP contribution in [0.25, 0.3) is 0 Å². The zero-order valence-corrected chi connectivity index (χ0v) is 16.0. The van der Waals surface area contributed by atoms with Crippen LogP contribution in [0.5, 0.6) is 5.75 Å². The quantitative estimate of drug-likeness (QED) is 0.608. The van der Waals surface area contributed by atoms with Crippen LogP contribution < -0.4 is 20.7 Å². The molecule has 2 aromatic carbocycles. The molecule has 0 aromatic heterocycles. The lowest BCUT2D eigenvalue weighted by atomic mass is 9.85. The Balaban J connectivity index is 1.80. The van der Waals surface area contributed by atoms with E-state index in [2.05, 4.69) is 20.7 Å². The molecule has 1 fully saturated rings. The molecule has 0 bridgehead atoms. The first kappa shape index (κ1) is 21.7. The third-order valence-corrected chi connectivity index (χ3v) is 4.73. The molecular weight excluding hydrogens is 430 g/mol. The lowest BCUT2D eigenvalue weighted by Crippen LogP contribution is -2.53. The molecule has 11 heteroatoms. The summed E-state index contributed by atoms with van der Waals surface area (Å²) in [5.41, 5.74) is -0.0672. The van der Waals surface area contributed by atoms with Gasteiger partial charge in [-0.25, -0.2) is 13.6 Å². The maximum atomic E-state index is 14.5. The van der Waals surface area contributed by atoms with E-state index in [9.17, 15) is 27.2 Å². The van der Waals surface area contributed by atoms with Gasteiger partial charge in [-0.2, -0.15) is 8.78 Å². The Kier molecular flexibility index (Phi) is 6.66. The minimum absolute atomic E-state index is 0.0777. The number of anilines is 1. The molecule has 3 N–H and O–H groups in total. The Morgan fingerprint density at radius 2 is 1.80 bits per heavy atom. The molecule has 1 aliphatic heterocycles. The lowest BCUT2D eigenvalue weighted by Gasteiger charge is -2.33. The number of urea groups is 1. The number of nitrogens with one attached hydrogen (secondary N) is 3. The van der Waals surface area contributed by atoms with Crippen LogP contribution in [0.4, 0.5) is 28.0 Å². The van der Waals surface area contributed by atoms with Crippen molar-refractivity contribution in [2.75, 3.05) is 11.9 Å². The van der Waals surface area contributed by atoms with Crippen molar-refractivity contribution in [1.29, 1.82) is 0 Å². The van der Waals surface area contributed by atoms with Crippen LogP contribution in [0, 0.1) is 11.6 Å². The van der Waals surface area contributed by atoms with E-state index in [0.717, 1.165) is 0 Å². The second-order valence-electron chi connectivity index (χ2n) is 6.51. The Bertz CT molecular complexity index is 920. The van der Waals surface area contributed by atoms with Gasteiger partial charge < -0.3 is 20.7 Å². The summed E-state index contributed by atoms with van der Waals surface area (Å²) in [5, 5.41) is 8.11. The van der Waals surface area contributed by atoms with Crippen molar-refractivity contribution in [1.82, 2.24) is 10.6 Å². The monoisotopic (exact) mass is 445 g/mol. The van der Waals surface area contributed by atoms with Gasteiger partial charge in [0.05, 0.1) is 6.04 Å². The van der Waals surface area contributed by atoms with Crippen LogP contribution in [0.1, 0.15) is 17.9 Å². The molecule has 0 saturated carbocycles. The van der Waals surface area contributed by atoms with Gasteiger partial charge >= 0.3 is 12.6 Å². The topological polar surface area (TPSA) is 79.5 Å². The maximum absolute atomic E-state index is 14.5. The van der Waals surface area contributed by atoms with E-state index < -0.39 is 53.5 Å². The number of benzene rings is 2. The van der Waals surface area contributed by atoms with Crippen molar-refractivity contribution < 1.29 is 31.9 Å². The molecule has 30 heavy (non-hydrogen) atoms. The van der Waals surface area contributed by atoms with Gasteiger partial charge in [-0.15, -0.1) is 0 Å². The van der Waals surface area contributed by atoms with Gasteiger partial charge in [0, 0.05) is 47.3 Å². The number of hydrogen-bond donors (Lipinski definition) is 3. The van der Waals surface area contributed by atoms with E-state index in [1.807, 2.05) is 0 Å². The van der Waals surface area contributed by atoms with Gasteiger partial charge in [-0.3, -0.25) is 4.79 Å². The van der Waals surface area contributed by atoms with Crippen molar-refractivity contribution in [3.63, 3.8) is 0 Å². The van der Waals surface area contributed by atoms with E-state index in [4.69, 9.17) is 11.6 Å². The van der Waals surface area contributed by atoms with Crippen molar-refractivity contribution in [3.8, 4) is 5.75 Å². The Morgan fingerprint density at radius 1 is 1.17 bits per heavy atom. The average molecular weight is 446 g/mol. The van der Waals surface area contributed by atoms with Gasteiger partial charge in [-0.1, -0.05) is 11.6 Å². The van der Waals surface area contributed by atoms with Gasteiger partial charge in [0.25, 0.3) is 0 Å². The molecule has 6 nitrogen and oxygen atoms in total. The highest BCUT2D eigenvalue weighted by atomic mass is 35.5. The van der Waals surface area contributed by atoms with Crippen molar-refractivity contribution >= 4 is 29.2 Å². The zero-order chi connectivity index (χ0) is 21.8. The number of ether oxygens (including phenoxy) is 1. The van der Waals surface area contributed by atoms with Crippen molar-refractivity contribution in [2.45, 2.75) is 25.0 Å². The molecule has 3 rings (SSSR count). The molecule has 0 aliphatic carbocycles. The molecular formula is C19H16ClF4N3O3. The van der Waals surface area contributed by atoms with Gasteiger partial charge in [-0.05, 0) is 24.3 Å². The molecule has 1 saturated heterocycles. The minimum atomic E-state index is -3.25. The third-order valence-electron chi connectivity index (χ3n) is 4.48. The minimum Gasteiger partial charge on any atom is -0.435 e. The van der Waals surface area contributed by atoms with Crippen LogP contribution in [-0.4, -0.2) is 31.1 Å². The molecule has 1 heterocycles. The smallest absolute Gasteiger partial charge is 0.387 e. The molecule has 2 atom stereocenters. The molecule has 2 unspecified atom stereocenters. The second kappa shape index (κ2) is 9.21. The standard InChI is InChI=1S/C19H16ClF4N3O3/c20-9-1-3-10(4-2-9)26-19(29)27-15-8-25-16(28)7-12(15)17-13(21)5-11(6-14(17)22)30-18(23)24/h1-6,12,15,18H,7-8H2,(H,25,28)(H2,26,27,29). The summed E-state index contributed by atoms with van der Waals surface area (Å²) in [6, 6.07) is 5.95. The number of hydrogen-bond acceptors (Lipinski definition) is 3. The van der Waals surface area contributed by atoms with E-state index in [1.54, 1.807) is 24.3 Å². The second-order valence-corrected chi connectivity index (χ2v) is 6.94. The lowest BCUT2D eigenvalue weighted by molar-refractivity contribution is -0.123. The normalized spacial score (nSPS) is 18.7. The highest BCUT2D eigenvalue weighted by molar-refractivity contribution is 6.30. The number of amides is 3. The van der Waals surface area contributed by atoms with Gasteiger partial charge in [0.2, 0.25) is 5.91 Å². The van der Waals surface area contributed by atoms with Crippen LogP contribution in [0.3, 0.4) is 0 Å². The molecule has 0 spiro atoms. The number of halogens is 5. The molecule has 0 radical (unpaired) electrons.